The molecule has 1 aromatic carbocycles. The quantitative estimate of drug-likeness (QED) is 0.631. The molecule has 1 aromatic heterocycles. The highest BCUT2D eigenvalue weighted by molar-refractivity contribution is 5.91. The monoisotopic (exact) mass is 300 g/mol. The number of hydrogen-bond donors (Lipinski definition) is 1. The van der Waals surface area contributed by atoms with Gasteiger partial charge in [-0.05, 0) is 36.8 Å². The van der Waals surface area contributed by atoms with Crippen molar-refractivity contribution in [3.63, 3.8) is 0 Å². The van der Waals surface area contributed by atoms with Crippen molar-refractivity contribution in [1.29, 1.82) is 0 Å². The van der Waals surface area contributed by atoms with E-state index < -0.39 is 5.97 Å². The molecule has 116 valence electrons. The lowest BCUT2D eigenvalue weighted by atomic mass is 10.2. The molecule has 22 heavy (non-hydrogen) atoms. The molecule has 2 rings (SSSR count). The number of nitrogens with zero attached hydrogens (tertiary/aromatic N) is 1. The number of carbonyl (C=O) groups excluding carboxylic acids is 2. The Bertz CT molecular complexity index is 621. The van der Waals surface area contributed by atoms with Gasteiger partial charge in [0.2, 0.25) is 0 Å². The molecule has 0 saturated carbocycles. The maximum Gasteiger partial charge on any atom is 0.338 e. The third-order valence-corrected chi connectivity index (χ3v) is 3.17. The summed E-state index contributed by atoms with van der Waals surface area (Å²) in [6, 6.07) is 10.9. The number of ether oxygens (including phenoxy) is 1. The van der Waals surface area contributed by atoms with Gasteiger partial charge in [-0.1, -0.05) is 19.4 Å². The van der Waals surface area contributed by atoms with Crippen LogP contribution in [0.4, 0.5) is 0 Å². The van der Waals surface area contributed by atoms with Gasteiger partial charge in [0.15, 0.2) is 6.61 Å². The number of nitrogens with one attached hydrogen (secondary N) is 1. The van der Waals surface area contributed by atoms with E-state index in [1.54, 1.807) is 18.2 Å². The Labute approximate surface area is 129 Å². The second-order valence-corrected chi connectivity index (χ2v) is 4.92. The summed E-state index contributed by atoms with van der Waals surface area (Å²) < 4.78 is 6.93. The lowest BCUT2D eigenvalue weighted by Crippen LogP contribution is -2.29. The van der Waals surface area contributed by atoms with E-state index in [0.717, 1.165) is 18.5 Å². The maximum absolute atomic E-state index is 12.0. The molecule has 0 spiro atoms. The zero-order chi connectivity index (χ0) is 15.8. The summed E-state index contributed by atoms with van der Waals surface area (Å²) in [6.07, 6.45) is 5.71. The second-order valence-electron chi connectivity index (χ2n) is 4.92. The average Bonchev–Trinajstić information content (AvgIpc) is 3.07. The SMILES string of the molecule is CCCCNC(=O)COC(=O)c1cccc(-n2cccc2)c1. The fraction of sp³-hybridized carbons (Fsp3) is 0.294. The van der Waals surface area contributed by atoms with Crippen molar-refractivity contribution in [2.45, 2.75) is 19.8 Å². The van der Waals surface area contributed by atoms with Crippen LogP contribution in [0.5, 0.6) is 0 Å². The predicted octanol–water partition coefficient (Wildman–Crippen LogP) is 2.55. The number of esters is 1. The summed E-state index contributed by atoms with van der Waals surface area (Å²) in [4.78, 5) is 23.5. The second kappa shape index (κ2) is 8.02. The Hall–Kier alpha value is -2.56. The highest BCUT2D eigenvalue weighted by Crippen LogP contribution is 2.11. The van der Waals surface area contributed by atoms with Gasteiger partial charge in [0.05, 0.1) is 5.56 Å². The van der Waals surface area contributed by atoms with Gasteiger partial charge in [-0.15, -0.1) is 0 Å². The van der Waals surface area contributed by atoms with Crippen molar-refractivity contribution in [2.75, 3.05) is 13.2 Å². The summed E-state index contributed by atoms with van der Waals surface area (Å²) >= 11 is 0. The van der Waals surface area contributed by atoms with E-state index in [9.17, 15) is 9.59 Å². The number of rotatable bonds is 7. The molecule has 1 N–H and O–H groups in total. The minimum atomic E-state index is -0.500. The van der Waals surface area contributed by atoms with Crippen LogP contribution in [-0.4, -0.2) is 29.6 Å². The van der Waals surface area contributed by atoms with Crippen LogP contribution < -0.4 is 5.32 Å². The average molecular weight is 300 g/mol. The topological polar surface area (TPSA) is 60.3 Å². The van der Waals surface area contributed by atoms with Gasteiger partial charge in [0.25, 0.3) is 5.91 Å². The van der Waals surface area contributed by atoms with Gasteiger partial charge >= 0.3 is 5.97 Å². The standard InChI is InChI=1S/C17H20N2O3/c1-2-3-9-18-16(20)13-22-17(21)14-7-6-8-15(12-14)19-10-4-5-11-19/h4-8,10-12H,2-3,9,13H2,1H3,(H,18,20). The van der Waals surface area contributed by atoms with Crippen LogP contribution in [-0.2, 0) is 9.53 Å². The first-order valence-electron chi connectivity index (χ1n) is 7.38. The van der Waals surface area contributed by atoms with E-state index in [1.165, 1.54) is 0 Å². The third kappa shape index (κ3) is 4.48. The molecule has 0 saturated heterocycles. The molecule has 0 bridgehead atoms. The molecule has 1 amide bonds. The number of aromatic nitrogens is 1. The summed E-state index contributed by atoms with van der Waals surface area (Å²) in [5, 5.41) is 2.70. The van der Waals surface area contributed by atoms with Crippen molar-refractivity contribution in [3.05, 3.63) is 54.4 Å². The van der Waals surface area contributed by atoms with Gasteiger partial charge in [-0.25, -0.2) is 4.79 Å². The smallest absolute Gasteiger partial charge is 0.338 e. The van der Waals surface area contributed by atoms with Gasteiger partial charge in [0, 0.05) is 24.6 Å². The Morgan fingerprint density at radius 3 is 2.68 bits per heavy atom. The molecule has 0 atom stereocenters. The molecule has 0 unspecified atom stereocenters. The molecule has 5 nitrogen and oxygen atoms in total. The van der Waals surface area contributed by atoms with Crippen molar-refractivity contribution < 1.29 is 14.3 Å². The summed E-state index contributed by atoms with van der Waals surface area (Å²) in [5.41, 5.74) is 1.29. The Kier molecular flexibility index (Phi) is 5.77. The van der Waals surface area contributed by atoms with Crippen LogP contribution >= 0.6 is 0 Å². The molecule has 0 fully saturated rings. The molecule has 0 radical (unpaired) electrons. The van der Waals surface area contributed by atoms with Gasteiger partial charge in [-0.3, -0.25) is 4.79 Å². The molecule has 5 heteroatoms. The first-order chi connectivity index (χ1) is 10.7. The highest BCUT2D eigenvalue weighted by atomic mass is 16.5. The minimum absolute atomic E-state index is 0.254. The van der Waals surface area contributed by atoms with Gasteiger partial charge in [-0.2, -0.15) is 0 Å². The fourth-order valence-electron chi connectivity index (χ4n) is 1.97. The minimum Gasteiger partial charge on any atom is -0.452 e. The lowest BCUT2D eigenvalue weighted by Gasteiger charge is -2.08. The normalized spacial score (nSPS) is 10.2. The molecular formula is C17H20N2O3. The number of benzene rings is 1. The summed E-state index contributed by atoms with van der Waals surface area (Å²) in [7, 11) is 0. The first-order valence-corrected chi connectivity index (χ1v) is 7.38. The number of carbonyl (C=O) groups is 2. The van der Waals surface area contributed by atoms with Crippen molar-refractivity contribution in [1.82, 2.24) is 9.88 Å². The first kappa shape index (κ1) is 15.8. The largest absolute Gasteiger partial charge is 0.452 e. The zero-order valence-electron chi connectivity index (χ0n) is 12.6. The Morgan fingerprint density at radius 1 is 1.18 bits per heavy atom. The summed E-state index contributed by atoms with van der Waals surface area (Å²) in [5.74, 6) is -0.775. The van der Waals surface area contributed by atoms with E-state index in [0.29, 0.717) is 12.1 Å². The lowest BCUT2D eigenvalue weighted by molar-refractivity contribution is -0.124. The number of amides is 1. The summed E-state index contributed by atoms with van der Waals surface area (Å²) in [6.45, 7) is 2.40. The molecule has 1 heterocycles. The molecule has 2 aromatic rings. The van der Waals surface area contributed by atoms with E-state index in [4.69, 9.17) is 4.74 Å². The van der Waals surface area contributed by atoms with Crippen LogP contribution in [0, 0.1) is 0 Å². The third-order valence-electron chi connectivity index (χ3n) is 3.17. The van der Waals surface area contributed by atoms with Gasteiger partial charge in [0.1, 0.15) is 0 Å². The Morgan fingerprint density at radius 2 is 1.95 bits per heavy atom. The fourth-order valence-corrected chi connectivity index (χ4v) is 1.97. The Balaban J connectivity index is 1.90. The number of unbranched alkanes of at least 4 members (excludes halogenated alkanes) is 1. The zero-order valence-corrected chi connectivity index (χ0v) is 12.6. The van der Waals surface area contributed by atoms with Crippen LogP contribution in [0.3, 0.4) is 0 Å². The molecule has 0 aliphatic heterocycles. The maximum atomic E-state index is 12.0. The van der Waals surface area contributed by atoms with Crippen LogP contribution in [0.1, 0.15) is 30.1 Å². The van der Waals surface area contributed by atoms with Crippen molar-refractivity contribution in [2.24, 2.45) is 0 Å². The van der Waals surface area contributed by atoms with Crippen LogP contribution in [0.15, 0.2) is 48.8 Å². The predicted molar refractivity (Wildman–Crippen MR) is 84.0 cm³/mol. The molecule has 0 aliphatic carbocycles. The van der Waals surface area contributed by atoms with Crippen LogP contribution in [0.25, 0.3) is 5.69 Å². The van der Waals surface area contributed by atoms with Gasteiger partial charge < -0.3 is 14.6 Å². The van der Waals surface area contributed by atoms with Crippen molar-refractivity contribution >= 4 is 11.9 Å². The highest BCUT2D eigenvalue weighted by Gasteiger charge is 2.10. The van der Waals surface area contributed by atoms with E-state index in [1.807, 2.05) is 42.1 Å². The molecule has 0 aliphatic rings. The molecular weight excluding hydrogens is 280 g/mol. The van der Waals surface area contributed by atoms with E-state index >= 15 is 0 Å². The van der Waals surface area contributed by atoms with Crippen LogP contribution in [0.2, 0.25) is 0 Å². The van der Waals surface area contributed by atoms with E-state index in [2.05, 4.69) is 5.32 Å². The number of hydrogen-bond acceptors (Lipinski definition) is 3. The van der Waals surface area contributed by atoms with Crippen molar-refractivity contribution in [3.8, 4) is 5.69 Å². The van der Waals surface area contributed by atoms with E-state index in [-0.39, 0.29) is 12.5 Å².